The molecule has 1 N–H and O–H groups in total. The Balaban J connectivity index is 1.36. The zero-order valence-electron chi connectivity index (χ0n) is 23.6. The summed E-state index contributed by atoms with van der Waals surface area (Å²) in [5, 5.41) is 13.6. The van der Waals surface area contributed by atoms with E-state index in [-0.39, 0.29) is 0 Å². The first-order valence-corrected chi connectivity index (χ1v) is 14.9. The minimum absolute atomic E-state index is 0.859. The normalized spacial score (nSPS) is 13.3. The van der Waals surface area contributed by atoms with Crippen LogP contribution in [0.25, 0.3) is 76.6 Å². The number of rotatable bonds is 3. The lowest BCUT2D eigenvalue weighted by atomic mass is 9.97. The molecule has 0 saturated heterocycles. The maximum absolute atomic E-state index is 3.52. The van der Waals surface area contributed by atoms with Crippen LogP contribution in [0, 0.1) is 0 Å². The Labute approximate surface area is 249 Å². The fourth-order valence-corrected chi connectivity index (χ4v) is 6.89. The highest BCUT2D eigenvalue weighted by molar-refractivity contribution is 6.19. The van der Waals surface area contributed by atoms with Crippen molar-refractivity contribution in [3.8, 4) is 16.8 Å². The predicted molar refractivity (Wildman–Crippen MR) is 184 cm³/mol. The van der Waals surface area contributed by atoms with Crippen molar-refractivity contribution in [2.75, 3.05) is 6.54 Å². The van der Waals surface area contributed by atoms with Crippen LogP contribution >= 0.6 is 0 Å². The fraction of sp³-hybridized carbons (Fsp3) is 0.0244. The lowest BCUT2D eigenvalue weighted by Gasteiger charge is -2.14. The van der Waals surface area contributed by atoms with Crippen molar-refractivity contribution in [3.05, 3.63) is 157 Å². The van der Waals surface area contributed by atoms with Crippen LogP contribution in [0.1, 0.15) is 5.56 Å². The van der Waals surface area contributed by atoms with E-state index < -0.39 is 0 Å². The highest BCUT2D eigenvalue weighted by Crippen LogP contribution is 2.40. The first-order chi connectivity index (χ1) is 21.3. The molecule has 0 unspecified atom stereocenters. The van der Waals surface area contributed by atoms with E-state index in [9.17, 15) is 0 Å². The molecule has 7 aromatic carbocycles. The van der Waals surface area contributed by atoms with E-state index in [1.165, 1.54) is 82.2 Å². The SMILES string of the molecule is C1=CCNC(c2ccc3c(ccc4c5ccc(-c6cccc7ccccc67)cc5n(-c5ccc6ccccc6c5)c34)c2)=C1. The van der Waals surface area contributed by atoms with Crippen LogP contribution in [0.2, 0.25) is 0 Å². The molecule has 0 bridgehead atoms. The average Bonchev–Trinajstić information content (AvgIpc) is 3.42. The summed E-state index contributed by atoms with van der Waals surface area (Å²) in [6.07, 6.45) is 6.43. The number of hydrogen-bond acceptors (Lipinski definition) is 1. The molecular formula is C41H28N2. The first kappa shape index (κ1) is 24.0. The maximum atomic E-state index is 3.52. The molecule has 8 aromatic rings. The van der Waals surface area contributed by atoms with Gasteiger partial charge in [0.25, 0.3) is 0 Å². The van der Waals surface area contributed by atoms with Gasteiger partial charge in [-0.05, 0) is 74.0 Å². The second-order valence-corrected chi connectivity index (χ2v) is 11.4. The zero-order chi connectivity index (χ0) is 28.3. The molecule has 1 aromatic heterocycles. The standard InChI is InChI=1S/C41H28N2/c1-2-10-29-25-33(19-15-27(29)8-1)43-40-26-31(35-13-7-11-28-9-3-4-12-34(28)35)16-21-37(40)38-22-17-30-24-32(18-20-36(30)41(38)43)39-14-5-6-23-42-39/h1-22,24-26,42H,23H2. The van der Waals surface area contributed by atoms with Gasteiger partial charge in [0.2, 0.25) is 0 Å². The zero-order valence-corrected chi connectivity index (χ0v) is 23.6. The molecule has 2 nitrogen and oxygen atoms in total. The minimum atomic E-state index is 0.859. The number of benzene rings is 7. The van der Waals surface area contributed by atoms with E-state index in [0.717, 1.165) is 6.54 Å². The van der Waals surface area contributed by atoms with Crippen molar-refractivity contribution >= 4 is 59.8 Å². The molecule has 202 valence electrons. The van der Waals surface area contributed by atoms with E-state index in [1.54, 1.807) is 0 Å². The smallest absolute Gasteiger partial charge is 0.0619 e. The quantitative estimate of drug-likeness (QED) is 0.232. The van der Waals surface area contributed by atoms with E-state index in [2.05, 4.69) is 162 Å². The molecule has 0 aliphatic carbocycles. The Hall–Kier alpha value is -5.60. The molecule has 2 heterocycles. The summed E-state index contributed by atoms with van der Waals surface area (Å²) in [5.74, 6) is 0. The van der Waals surface area contributed by atoms with Crippen molar-refractivity contribution in [2.24, 2.45) is 0 Å². The largest absolute Gasteiger partial charge is 0.381 e. The number of allylic oxidation sites excluding steroid dienone is 2. The number of dihydropyridines is 1. The topological polar surface area (TPSA) is 17.0 Å². The van der Waals surface area contributed by atoms with Gasteiger partial charge in [-0.2, -0.15) is 0 Å². The lowest BCUT2D eigenvalue weighted by molar-refractivity contribution is 0.996. The third kappa shape index (κ3) is 3.80. The van der Waals surface area contributed by atoms with Gasteiger partial charge in [0.05, 0.1) is 11.0 Å². The summed E-state index contributed by atoms with van der Waals surface area (Å²) in [7, 11) is 0. The summed E-state index contributed by atoms with van der Waals surface area (Å²) in [6.45, 7) is 0.859. The van der Waals surface area contributed by atoms with Gasteiger partial charge in [-0.1, -0.05) is 121 Å². The summed E-state index contributed by atoms with van der Waals surface area (Å²) in [5.41, 5.74) is 8.49. The van der Waals surface area contributed by atoms with Crippen molar-refractivity contribution in [3.63, 3.8) is 0 Å². The summed E-state index contributed by atoms with van der Waals surface area (Å²) >= 11 is 0. The fourth-order valence-electron chi connectivity index (χ4n) is 6.89. The summed E-state index contributed by atoms with van der Waals surface area (Å²) in [6, 6.07) is 49.2. The molecule has 0 saturated carbocycles. The number of nitrogens with one attached hydrogen (secondary N) is 1. The second-order valence-electron chi connectivity index (χ2n) is 11.4. The molecule has 1 aliphatic rings. The van der Waals surface area contributed by atoms with Crippen LogP contribution in [-0.4, -0.2) is 11.1 Å². The van der Waals surface area contributed by atoms with E-state index in [0.29, 0.717) is 0 Å². The molecule has 1 aliphatic heterocycles. The van der Waals surface area contributed by atoms with Crippen LogP contribution in [0.5, 0.6) is 0 Å². The van der Waals surface area contributed by atoms with Gasteiger partial charge in [-0.25, -0.2) is 0 Å². The summed E-state index contributed by atoms with van der Waals surface area (Å²) in [4.78, 5) is 0. The highest BCUT2D eigenvalue weighted by atomic mass is 15.0. The minimum Gasteiger partial charge on any atom is -0.381 e. The van der Waals surface area contributed by atoms with Crippen LogP contribution < -0.4 is 5.32 Å². The van der Waals surface area contributed by atoms with Crippen molar-refractivity contribution in [2.45, 2.75) is 0 Å². The molecule has 0 spiro atoms. The second kappa shape index (κ2) is 9.47. The molecule has 2 heteroatoms. The van der Waals surface area contributed by atoms with Crippen molar-refractivity contribution < 1.29 is 0 Å². The Kier molecular flexibility index (Phi) is 5.30. The van der Waals surface area contributed by atoms with Gasteiger partial charge in [0.15, 0.2) is 0 Å². The monoisotopic (exact) mass is 548 g/mol. The Morgan fingerprint density at radius 3 is 2.19 bits per heavy atom. The number of nitrogens with zero attached hydrogens (tertiary/aromatic N) is 1. The van der Waals surface area contributed by atoms with E-state index >= 15 is 0 Å². The van der Waals surface area contributed by atoms with E-state index in [1.807, 2.05) is 0 Å². The van der Waals surface area contributed by atoms with Crippen LogP contribution in [0.3, 0.4) is 0 Å². The molecule has 0 radical (unpaired) electrons. The molecule has 43 heavy (non-hydrogen) atoms. The maximum Gasteiger partial charge on any atom is 0.0619 e. The molecular weight excluding hydrogens is 520 g/mol. The van der Waals surface area contributed by atoms with Crippen LogP contribution in [-0.2, 0) is 0 Å². The Morgan fingerprint density at radius 2 is 1.28 bits per heavy atom. The van der Waals surface area contributed by atoms with Crippen molar-refractivity contribution in [1.29, 1.82) is 0 Å². The molecule has 0 fully saturated rings. The Bertz CT molecular complexity index is 2450. The van der Waals surface area contributed by atoms with Crippen molar-refractivity contribution in [1.82, 2.24) is 9.88 Å². The first-order valence-electron chi connectivity index (χ1n) is 14.9. The Morgan fingerprint density at radius 1 is 0.512 bits per heavy atom. The van der Waals surface area contributed by atoms with Gasteiger partial charge in [0.1, 0.15) is 0 Å². The number of hydrogen-bond donors (Lipinski definition) is 1. The molecule has 9 rings (SSSR count). The van der Waals surface area contributed by atoms with Gasteiger partial charge < -0.3 is 9.88 Å². The highest BCUT2D eigenvalue weighted by Gasteiger charge is 2.17. The predicted octanol–water partition coefficient (Wildman–Crippen LogP) is 10.4. The average molecular weight is 549 g/mol. The van der Waals surface area contributed by atoms with Gasteiger partial charge in [-0.3, -0.25) is 0 Å². The van der Waals surface area contributed by atoms with Crippen LogP contribution in [0.15, 0.2) is 152 Å². The third-order valence-corrected chi connectivity index (χ3v) is 8.96. The van der Waals surface area contributed by atoms with Gasteiger partial charge in [-0.15, -0.1) is 0 Å². The third-order valence-electron chi connectivity index (χ3n) is 8.96. The number of fused-ring (bicyclic) bond motifs is 7. The summed E-state index contributed by atoms with van der Waals surface area (Å²) < 4.78 is 2.48. The molecule has 0 amide bonds. The molecule has 0 atom stereocenters. The van der Waals surface area contributed by atoms with Gasteiger partial charge in [0, 0.05) is 34.1 Å². The van der Waals surface area contributed by atoms with Gasteiger partial charge >= 0.3 is 0 Å². The number of aromatic nitrogens is 1. The lowest BCUT2D eigenvalue weighted by Crippen LogP contribution is -2.14. The van der Waals surface area contributed by atoms with E-state index in [4.69, 9.17) is 0 Å². The van der Waals surface area contributed by atoms with Crippen LogP contribution in [0.4, 0.5) is 0 Å².